The van der Waals surface area contributed by atoms with Gasteiger partial charge in [0.2, 0.25) is 0 Å². The molecule has 0 aliphatic heterocycles. The first-order chi connectivity index (χ1) is 7.26. The van der Waals surface area contributed by atoms with Crippen molar-refractivity contribution in [1.82, 2.24) is 10.3 Å². The number of rotatable bonds is 7. The van der Waals surface area contributed by atoms with Crippen molar-refractivity contribution < 1.29 is 0 Å². The van der Waals surface area contributed by atoms with Crippen LogP contribution in [-0.2, 0) is 6.54 Å². The number of nitrogens with zero attached hydrogens (tertiary/aromatic N) is 1. The molecule has 0 amide bonds. The van der Waals surface area contributed by atoms with Gasteiger partial charge in [-0.05, 0) is 32.4 Å². The van der Waals surface area contributed by atoms with Crippen LogP contribution in [0.3, 0.4) is 0 Å². The fourth-order valence-corrected chi connectivity index (χ4v) is 2.33. The zero-order valence-corrected chi connectivity index (χ0v) is 10.4. The van der Waals surface area contributed by atoms with Gasteiger partial charge in [0.15, 0.2) is 0 Å². The molecule has 1 unspecified atom stereocenters. The summed E-state index contributed by atoms with van der Waals surface area (Å²) in [5, 5.41) is 4.59. The number of thiazole rings is 1. The maximum absolute atomic E-state index is 5.69. The Morgan fingerprint density at radius 2 is 2.40 bits per heavy atom. The highest BCUT2D eigenvalue weighted by molar-refractivity contribution is 7.11. The van der Waals surface area contributed by atoms with Crippen LogP contribution >= 0.6 is 11.3 Å². The molecule has 0 saturated heterocycles. The second-order valence-electron chi connectivity index (χ2n) is 3.89. The van der Waals surface area contributed by atoms with E-state index < -0.39 is 0 Å². The third kappa shape index (κ3) is 4.73. The first kappa shape index (κ1) is 12.6. The summed E-state index contributed by atoms with van der Waals surface area (Å²) in [5.41, 5.74) is 5.69. The Bertz CT molecular complexity index is 273. The lowest BCUT2D eigenvalue weighted by atomic mass is 10.0. The van der Waals surface area contributed by atoms with Crippen LogP contribution in [0.5, 0.6) is 0 Å². The van der Waals surface area contributed by atoms with Gasteiger partial charge in [0.1, 0.15) is 5.01 Å². The fraction of sp³-hybridized carbons (Fsp3) is 0.727. The van der Waals surface area contributed by atoms with Gasteiger partial charge in [0, 0.05) is 17.6 Å². The second-order valence-corrected chi connectivity index (χ2v) is 5.21. The molecule has 3 nitrogen and oxygen atoms in total. The summed E-state index contributed by atoms with van der Waals surface area (Å²) in [4.78, 5) is 5.58. The van der Waals surface area contributed by atoms with Gasteiger partial charge >= 0.3 is 0 Å². The van der Waals surface area contributed by atoms with Gasteiger partial charge in [-0.15, -0.1) is 11.3 Å². The van der Waals surface area contributed by atoms with Crippen molar-refractivity contribution >= 4 is 11.3 Å². The minimum atomic E-state index is 0.607. The van der Waals surface area contributed by atoms with Crippen molar-refractivity contribution in [3.63, 3.8) is 0 Å². The second kappa shape index (κ2) is 6.93. The summed E-state index contributed by atoms with van der Waals surface area (Å²) >= 11 is 1.76. The molecule has 1 aromatic heterocycles. The largest absolute Gasteiger partial charge is 0.330 e. The van der Waals surface area contributed by atoms with Gasteiger partial charge in [-0.25, -0.2) is 4.98 Å². The molecule has 15 heavy (non-hydrogen) atoms. The SMILES string of the molecule is CCCC(CN)CNCc1ncc(C)s1. The van der Waals surface area contributed by atoms with Gasteiger partial charge in [-0.3, -0.25) is 0 Å². The molecule has 0 saturated carbocycles. The fourth-order valence-electron chi connectivity index (χ4n) is 1.58. The van der Waals surface area contributed by atoms with Crippen LogP contribution in [0.15, 0.2) is 6.20 Å². The van der Waals surface area contributed by atoms with Crippen molar-refractivity contribution in [1.29, 1.82) is 0 Å². The molecule has 0 spiro atoms. The number of nitrogens with one attached hydrogen (secondary N) is 1. The number of hydrogen-bond donors (Lipinski definition) is 2. The standard InChI is InChI=1S/C11H21N3S/c1-3-4-10(5-12)7-13-8-11-14-6-9(2)15-11/h6,10,13H,3-5,7-8,12H2,1-2H3. The Hall–Kier alpha value is -0.450. The Labute approximate surface area is 96.1 Å². The van der Waals surface area contributed by atoms with E-state index in [0.717, 1.165) is 19.6 Å². The minimum absolute atomic E-state index is 0.607. The van der Waals surface area contributed by atoms with Crippen molar-refractivity contribution in [2.24, 2.45) is 11.7 Å². The van der Waals surface area contributed by atoms with Crippen molar-refractivity contribution in [3.05, 3.63) is 16.1 Å². The molecular weight excluding hydrogens is 206 g/mol. The van der Waals surface area contributed by atoms with Crippen LogP contribution in [0.2, 0.25) is 0 Å². The molecule has 0 aliphatic carbocycles. The first-order valence-electron chi connectivity index (χ1n) is 5.58. The molecule has 86 valence electrons. The number of aryl methyl sites for hydroxylation is 1. The van der Waals surface area contributed by atoms with Crippen LogP contribution in [0.4, 0.5) is 0 Å². The maximum atomic E-state index is 5.69. The van der Waals surface area contributed by atoms with Gasteiger partial charge in [0.05, 0.1) is 0 Å². The molecule has 1 rings (SSSR count). The highest BCUT2D eigenvalue weighted by Gasteiger charge is 2.05. The summed E-state index contributed by atoms with van der Waals surface area (Å²) in [7, 11) is 0. The van der Waals surface area contributed by atoms with E-state index in [1.807, 2.05) is 6.20 Å². The first-order valence-corrected chi connectivity index (χ1v) is 6.40. The van der Waals surface area contributed by atoms with Gasteiger partial charge in [0.25, 0.3) is 0 Å². The molecule has 0 bridgehead atoms. The molecular formula is C11H21N3S. The van der Waals surface area contributed by atoms with E-state index in [1.165, 1.54) is 22.7 Å². The summed E-state index contributed by atoms with van der Waals surface area (Å²) in [5.74, 6) is 0.607. The monoisotopic (exact) mass is 227 g/mol. The predicted molar refractivity (Wildman–Crippen MR) is 66.0 cm³/mol. The van der Waals surface area contributed by atoms with E-state index in [-0.39, 0.29) is 0 Å². The Morgan fingerprint density at radius 3 is 2.93 bits per heavy atom. The zero-order valence-electron chi connectivity index (χ0n) is 9.62. The molecule has 4 heteroatoms. The topological polar surface area (TPSA) is 50.9 Å². The Morgan fingerprint density at radius 1 is 1.60 bits per heavy atom. The maximum Gasteiger partial charge on any atom is 0.107 e. The van der Waals surface area contributed by atoms with E-state index in [2.05, 4.69) is 24.1 Å². The van der Waals surface area contributed by atoms with Gasteiger partial charge < -0.3 is 11.1 Å². The lowest BCUT2D eigenvalue weighted by Gasteiger charge is -2.13. The average molecular weight is 227 g/mol. The normalized spacial score (nSPS) is 13.0. The highest BCUT2D eigenvalue weighted by Crippen LogP contribution is 2.10. The van der Waals surface area contributed by atoms with Crippen LogP contribution in [0, 0.1) is 12.8 Å². The highest BCUT2D eigenvalue weighted by atomic mass is 32.1. The quantitative estimate of drug-likeness (QED) is 0.748. The number of nitrogens with two attached hydrogens (primary N) is 1. The molecule has 0 aromatic carbocycles. The summed E-state index contributed by atoms with van der Waals surface area (Å²) in [6, 6.07) is 0. The van der Waals surface area contributed by atoms with Crippen molar-refractivity contribution in [2.45, 2.75) is 33.2 Å². The predicted octanol–water partition coefficient (Wildman–Crippen LogP) is 1.92. The molecule has 1 aromatic rings. The van der Waals surface area contributed by atoms with Gasteiger partial charge in [-0.2, -0.15) is 0 Å². The smallest absolute Gasteiger partial charge is 0.107 e. The Balaban J connectivity index is 2.20. The van der Waals surface area contributed by atoms with Crippen LogP contribution in [0.1, 0.15) is 29.7 Å². The van der Waals surface area contributed by atoms with Crippen LogP contribution in [0.25, 0.3) is 0 Å². The van der Waals surface area contributed by atoms with E-state index in [0.29, 0.717) is 5.92 Å². The average Bonchev–Trinajstić information content (AvgIpc) is 2.63. The summed E-state index contributed by atoms with van der Waals surface area (Å²) in [6.07, 6.45) is 4.34. The molecule has 0 fully saturated rings. The van der Waals surface area contributed by atoms with E-state index in [9.17, 15) is 0 Å². The Kier molecular flexibility index (Phi) is 5.83. The molecule has 3 N–H and O–H groups in total. The molecule has 1 heterocycles. The third-order valence-electron chi connectivity index (χ3n) is 2.41. The summed E-state index contributed by atoms with van der Waals surface area (Å²) in [6.45, 7) is 6.94. The van der Waals surface area contributed by atoms with E-state index in [4.69, 9.17) is 5.73 Å². The minimum Gasteiger partial charge on any atom is -0.330 e. The third-order valence-corrected chi connectivity index (χ3v) is 3.32. The number of aromatic nitrogens is 1. The van der Waals surface area contributed by atoms with Crippen LogP contribution < -0.4 is 11.1 Å². The van der Waals surface area contributed by atoms with E-state index >= 15 is 0 Å². The zero-order chi connectivity index (χ0) is 11.1. The van der Waals surface area contributed by atoms with E-state index in [1.54, 1.807) is 11.3 Å². The van der Waals surface area contributed by atoms with Crippen molar-refractivity contribution in [3.8, 4) is 0 Å². The van der Waals surface area contributed by atoms with Gasteiger partial charge in [-0.1, -0.05) is 13.3 Å². The summed E-state index contributed by atoms with van der Waals surface area (Å²) < 4.78 is 0. The van der Waals surface area contributed by atoms with Crippen LogP contribution in [-0.4, -0.2) is 18.1 Å². The molecule has 0 radical (unpaired) electrons. The molecule has 1 atom stereocenters. The van der Waals surface area contributed by atoms with Crippen molar-refractivity contribution in [2.75, 3.05) is 13.1 Å². The lowest BCUT2D eigenvalue weighted by Crippen LogP contribution is -2.27. The lowest BCUT2D eigenvalue weighted by molar-refractivity contribution is 0.449. The molecule has 0 aliphatic rings. The number of hydrogen-bond acceptors (Lipinski definition) is 4.